The van der Waals surface area contributed by atoms with Crippen LogP contribution in [0, 0.1) is 5.82 Å². The molecule has 0 fully saturated rings. The molecule has 0 radical (unpaired) electrons. The largest absolute Gasteiger partial charge is 0.362 e. The Labute approximate surface area is 173 Å². The Morgan fingerprint density at radius 3 is 2.17 bits per heavy atom. The van der Waals surface area contributed by atoms with Gasteiger partial charge in [0.15, 0.2) is 0 Å². The summed E-state index contributed by atoms with van der Waals surface area (Å²) in [6.07, 6.45) is 0.781. The minimum atomic E-state index is -0.600. The summed E-state index contributed by atoms with van der Waals surface area (Å²) in [6, 6.07) is 23.1. The Hall–Kier alpha value is -3.73. The first-order valence-corrected chi connectivity index (χ1v) is 9.90. The molecule has 5 heteroatoms. The Balaban J connectivity index is 1.63. The highest BCUT2D eigenvalue weighted by Gasteiger charge is 2.43. The molecule has 0 aromatic heterocycles. The molecule has 0 saturated carbocycles. The molecule has 2 heterocycles. The minimum absolute atomic E-state index is 0.0201. The highest BCUT2D eigenvalue weighted by Crippen LogP contribution is 2.37. The van der Waals surface area contributed by atoms with Crippen molar-refractivity contribution in [3.8, 4) is 0 Å². The number of hydrogen-bond acceptors (Lipinski definition) is 3. The summed E-state index contributed by atoms with van der Waals surface area (Å²) in [7, 11) is 0. The van der Waals surface area contributed by atoms with Crippen molar-refractivity contribution in [2.45, 2.75) is 13.0 Å². The fourth-order valence-electron chi connectivity index (χ4n) is 4.21. The number of para-hydroxylation sites is 1. The summed E-state index contributed by atoms with van der Waals surface area (Å²) >= 11 is 0. The van der Waals surface area contributed by atoms with E-state index in [0.717, 1.165) is 16.9 Å². The van der Waals surface area contributed by atoms with E-state index in [0.29, 0.717) is 29.9 Å². The molecule has 148 valence electrons. The molecule has 0 unspecified atom stereocenters. The van der Waals surface area contributed by atoms with E-state index in [9.17, 15) is 14.0 Å². The van der Waals surface area contributed by atoms with Gasteiger partial charge in [0.1, 0.15) is 11.5 Å². The van der Waals surface area contributed by atoms with Crippen molar-refractivity contribution in [1.82, 2.24) is 4.90 Å². The standard InChI is InChI=1S/C25H19FN2O2/c26-20-12-6-7-13-21(20)28-24(29)22(18-9-2-1-3-10-18)23(25(28)30)27-15-14-17-8-4-5-11-19(17)16-27/h1-13H,14-16H2. The zero-order valence-corrected chi connectivity index (χ0v) is 16.2. The van der Waals surface area contributed by atoms with E-state index in [-0.39, 0.29) is 5.69 Å². The number of anilines is 1. The third-order valence-electron chi connectivity index (χ3n) is 5.66. The lowest BCUT2D eigenvalue weighted by atomic mass is 9.98. The van der Waals surface area contributed by atoms with Gasteiger partial charge in [-0.15, -0.1) is 0 Å². The van der Waals surface area contributed by atoms with Gasteiger partial charge < -0.3 is 4.90 Å². The van der Waals surface area contributed by atoms with Crippen LogP contribution >= 0.6 is 0 Å². The van der Waals surface area contributed by atoms with Gasteiger partial charge in [-0.2, -0.15) is 0 Å². The van der Waals surface area contributed by atoms with E-state index >= 15 is 0 Å². The normalized spacial score (nSPS) is 16.3. The van der Waals surface area contributed by atoms with Crippen molar-refractivity contribution in [1.29, 1.82) is 0 Å². The Morgan fingerprint density at radius 2 is 1.40 bits per heavy atom. The highest BCUT2D eigenvalue weighted by atomic mass is 19.1. The predicted octanol–water partition coefficient (Wildman–Crippen LogP) is 4.17. The number of halogens is 1. The molecule has 2 aliphatic heterocycles. The maximum Gasteiger partial charge on any atom is 0.282 e. The van der Waals surface area contributed by atoms with Gasteiger partial charge >= 0.3 is 0 Å². The predicted molar refractivity (Wildman–Crippen MR) is 113 cm³/mol. The van der Waals surface area contributed by atoms with Crippen LogP contribution in [0.2, 0.25) is 0 Å². The van der Waals surface area contributed by atoms with Crippen LogP contribution in [0.3, 0.4) is 0 Å². The second kappa shape index (κ2) is 7.26. The van der Waals surface area contributed by atoms with Gasteiger partial charge in [-0.25, -0.2) is 9.29 Å². The fraction of sp³-hybridized carbons (Fsp3) is 0.120. The summed E-state index contributed by atoms with van der Waals surface area (Å²) in [5.74, 6) is -1.58. The Morgan fingerprint density at radius 1 is 0.733 bits per heavy atom. The molecule has 0 aliphatic carbocycles. The Bertz CT molecular complexity index is 1190. The quantitative estimate of drug-likeness (QED) is 0.622. The maximum absolute atomic E-state index is 14.5. The molecule has 30 heavy (non-hydrogen) atoms. The molecular weight excluding hydrogens is 379 g/mol. The SMILES string of the molecule is O=C1C(c2ccccc2)=C(N2CCc3ccccc3C2)C(=O)N1c1ccccc1F. The van der Waals surface area contributed by atoms with E-state index in [1.54, 1.807) is 6.07 Å². The minimum Gasteiger partial charge on any atom is -0.362 e. The van der Waals surface area contributed by atoms with Crippen LogP contribution in [-0.2, 0) is 22.6 Å². The summed E-state index contributed by atoms with van der Waals surface area (Å²) < 4.78 is 14.5. The smallest absolute Gasteiger partial charge is 0.282 e. The molecule has 2 amide bonds. The van der Waals surface area contributed by atoms with Gasteiger partial charge in [-0.1, -0.05) is 66.7 Å². The summed E-state index contributed by atoms with van der Waals surface area (Å²) in [5.41, 5.74) is 3.68. The summed E-state index contributed by atoms with van der Waals surface area (Å²) in [4.78, 5) is 29.8. The highest BCUT2D eigenvalue weighted by molar-refractivity contribution is 6.45. The molecular formula is C25H19FN2O2. The second-order valence-corrected chi connectivity index (χ2v) is 7.43. The fourth-order valence-corrected chi connectivity index (χ4v) is 4.21. The lowest BCUT2D eigenvalue weighted by Gasteiger charge is -2.31. The summed E-state index contributed by atoms with van der Waals surface area (Å²) in [5, 5.41) is 0. The van der Waals surface area contributed by atoms with Crippen LogP contribution in [-0.4, -0.2) is 23.3 Å². The number of rotatable bonds is 3. The van der Waals surface area contributed by atoms with E-state index < -0.39 is 17.6 Å². The van der Waals surface area contributed by atoms with Crippen molar-refractivity contribution < 1.29 is 14.0 Å². The number of hydrogen-bond donors (Lipinski definition) is 0. The molecule has 3 aromatic carbocycles. The van der Waals surface area contributed by atoms with Crippen LogP contribution in [0.1, 0.15) is 16.7 Å². The van der Waals surface area contributed by atoms with Gasteiger partial charge in [-0.05, 0) is 35.2 Å². The summed E-state index contributed by atoms with van der Waals surface area (Å²) in [6.45, 7) is 1.15. The number of nitrogens with zero attached hydrogens (tertiary/aromatic N) is 2. The molecule has 0 bridgehead atoms. The zero-order valence-electron chi connectivity index (χ0n) is 16.2. The topological polar surface area (TPSA) is 40.6 Å². The van der Waals surface area contributed by atoms with Crippen molar-refractivity contribution in [2.24, 2.45) is 0 Å². The van der Waals surface area contributed by atoms with Crippen molar-refractivity contribution >= 4 is 23.1 Å². The van der Waals surface area contributed by atoms with Gasteiger partial charge in [0.05, 0.1) is 11.3 Å². The van der Waals surface area contributed by atoms with Crippen LogP contribution in [0.15, 0.2) is 84.6 Å². The number of carbonyl (C=O) groups is 2. The van der Waals surface area contributed by atoms with E-state index in [1.807, 2.05) is 53.4 Å². The van der Waals surface area contributed by atoms with Gasteiger partial charge in [0, 0.05) is 13.1 Å². The van der Waals surface area contributed by atoms with Crippen LogP contribution < -0.4 is 4.90 Å². The van der Waals surface area contributed by atoms with Gasteiger partial charge in [-0.3, -0.25) is 9.59 Å². The van der Waals surface area contributed by atoms with E-state index in [2.05, 4.69) is 6.07 Å². The number of carbonyl (C=O) groups excluding carboxylic acids is 2. The molecule has 0 atom stereocenters. The average molecular weight is 398 g/mol. The van der Waals surface area contributed by atoms with Gasteiger partial charge in [0.2, 0.25) is 0 Å². The monoisotopic (exact) mass is 398 g/mol. The van der Waals surface area contributed by atoms with Crippen molar-refractivity contribution in [2.75, 3.05) is 11.4 Å². The maximum atomic E-state index is 14.5. The molecule has 0 N–H and O–H groups in total. The number of imide groups is 1. The second-order valence-electron chi connectivity index (χ2n) is 7.43. The van der Waals surface area contributed by atoms with Crippen LogP contribution in [0.4, 0.5) is 10.1 Å². The van der Waals surface area contributed by atoms with Gasteiger partial charge in [0.25, 0.3) is 11.8 Å². The molecule has 0 spiro atoms. The number of benzene rings is 3. The van der Waals surface area contributed by atoms with Crippen molar-refractivity contribution in [3.63, 3.8) is 0 Å². The lowest BCUT2D eigenvalue weighted by Crippen LogP contribution is -2.37. The molecule has 4 nitrogen and oxygen atoms in total. The lowest BCUT2D eigenvalue weighted by molar-refractivity contribution is -0.120. The third-order valence-corrected chi connectivity index (χ3v) is 5.66. The van der Waals surface area contributed by atoms with Crippen molar-refractivity contribution in [3.05, 3.63) is 107 Å². The van der Waals surface area contributed by atoms with Crippen LogP contribution in [0.5, 0.6) is 0 Å². The first-order chi connectivity index (χ1) is 14.6. The Kier molecular flexibility index (Phi) is 4.43. The van der Waals surface area contributed by atoms with Crippen LogP contribution in [0.25, 0.3) is 5.57 Å². The van der Waals surface area contributed by atoms with E-state index in [1.165, 1.54) is 23.8 Å². The molecule has 0 saturated heterocycles. The third kappa shape index (κ3) is 2.90. The van der Waals surface area contributed by atoms with E-state index in [4.69, 9.17) is 0 Å². The number of amides is 2. The molecule has 3 aromatic rings. The average Bonchev–Trinajstić information content (AvgIpc) is 3.04. The zero-order chi connectivity index (χ0) is 20.7. The molecule has 2 aliphatic rings. The first-order valence-electron chi connectivity index (χ1n) is 9.90. The molecule has 5 rings (SSSR count). The number of fused-ring (bicyclic) bond motifs is 1. The first kappa shape index (κ1) is 18.3.